The number of piperidine rings is 3. The molecular formula is C28H34N4O4. The van der Waals surface area contributed by atoms with E-state index in [2.05, 4.69) is 16.3 Å². The molecule has 1 N–H and O–H groups in total. The van der Waals surface area contributed by atoms with Crippen LogP contribution in [-0.2, 0) is 11.8 Å². The molecule has 3 aliphatic rings. The lowest BCUT2D eigenvalue weighted by Crippen LogP contribution is -2.56. The van der Waals surface area contributed by atoms with Crippen molar-refractivity contribution < 1.29 is 19.0 Å². The minimum atomic E-state index is -0.0794. The number of para-hydroxylation sites is 1. The largest absolute Gasteiger partial charge is 0.493 e. The molecule has 36 heavy (non-hydrogen) atoms. The van der Waals surface area contributed by atoms with Crippen LogP contribution in [0.25, 0.3) is 11.3 Å². The predicted octanol–water partition coefficient (Wildman–Crippen LogP) is 3.48. The molecule has 0 radical (unpaired) electrons. The van der Waals surface area contributed by atoms with Gasteiger partial charge in [-0.15, -0.1) is 0 Å². The molecule has 4 heterocycles. The molecule has 2 bridgehead atoms. The predicted molar refractivity (Wildman–Crippen MR) is 138 cm³/mol. The molecule has 2 aromatic carbocycles. The molecule has 4 atom stereocenters. The Morgan fingerprint density at radius 2 is 1.89 bits per heavy atom. The molecule has 3 aliphatic heterocycles. The summed E-state index contributed by atoms with van der Waals surface area (Å²) in [7, 11) is 5.32. The highest BCUT2D eigenvalue weighted by Gasteiger charge is 2.41. The zero-order valence-corrected chi connectivity index (χ0v) is 21.1. The number of carbonyl (C=O) groups is 1. The van der Waals surface area contributed by atoms with Crippen molar-refractivity contribution in [2.24, 2.45) is 13.0 Å². The van der Waals surface area contributed by atoms with Crippen LogP contribution in [-0.4, -0.2) is 67.1 Å². The normalized spacial score (nSPS) is 22.8. The highest BCUT2D eigenvalue weighted by molar-refractivity contribution is 5.77. The van der Waals surface area contributed by atoms with Crippen molar-refractivity contribution in [1.82, 2.24) is 20.0 Å². The van der Waals surface area contributed by atoms with Crippen LogP contribution in [0.1, 0.15) is 24.5 Å². The molecule has 1 aromatic heterocycles. The third-order valence-electron chi connectivity index (χ3n) is 7.50. The first-order valence-electron chi connectivity index (χ1n) is 12.5. The third kappa shape index (κ3) is 5.04. The number of hydrogen-bond donors (Lipinski definition) is 1. The zero-order chi connectivity index (χ0) is 25.1. The fourth-order valence-electron chi connectivity index (χ4n) is 5.60. The van der Waals surface area contributed by atoms with Crippen LogP contribution in [0.3, 0.4) is 0 Å². The highest BCUT2D eigenvalue weighted by Crippen LogP contribution is 2.42. The maximum atomic E-state index is 12.3. The Morgan fingerprint density at radius 3 is 2.61 bits per heavy atom. The van der Waals surface area contributed by atoms with E-state index in [1.807, 2.05) is 60.3 Å². The van der Waals surface area contributed by atoms with Gasteiger partial charge in [0.05, 0.1) is 19.9 Å². The standard InChI is InChI=1S/C28H34N4O4/c1-31-25(15-24(30-31)20-9-10-26(34-2)27(14-20)35-3)23-17-32-12-11-19(23)13-21(32)16-29-28(33)18-36-22-7-5-4-6-8-22/h4-10,14-15,19,21,23H,11-13,16-18H2,1-3H3,(H,29,33)/t19-,21+,23+/m0/s1. The van der Waals surface area contributed by atoms with Crippen molar-refractivity contribution in [2.75, 3.05) is 40.5 Å². The van der Waals surface area contributed by atoms with Crippen molar-refractivity contribution in [3.8, 4) is 28.5 Å². The van der Waals surface area contributed by atoms with Gasteiger partial charge in [0.2, 0.25) is 0 Å². The van der Waals surface area contributed by atoms with E-state index >= 15 is 0 Å². The van der Waals surface area contributed by atoms with Gasteiger partial charge in [-0.1, -0.05) is 18.2 Å². The number of ether oxygens (including phenoxy) is 3. The van der Waals surface area contributed by atoms with E-state index in [1.54, 1.807) is 14.2 Å². The second kappa shape index (κ2) is 10.6. The van der Waals surface area contributed by atoms with Crippen molar-refractivity contribution in [2.45, 2.75) is 24.8 Å². The van der Waals surface area contributed by atoms with Gasteiger partial charge in [-0.25, -0.2) is 0 Å². The van der Waals surface area contributed by atoms with Gasteiger partial charge in [-0.2, -0.15) is 5.10 Å². The molecule has 3 aromatic rings. The number of aromatic nitrogens is 2. The fraction of sp³-hybridized carbons (Fsp3) is 0.429. The van der Waals surface area contributed by atoms with Gasteiger partial charge in [0.15, 0.2) is 18.1 Å². The average Bonchev–Trinajstić information content (AvgIpc) is 3.32. The number of amides is 1. The first-order chi connectivity index (χ1) is 17.6. The summed E-state index contributed by atoms with van der Waals surface area (Å²) in [5.74, 6) is 3.04. The Bertz CT molecular complexity index is 1200. The van der Waals surface area contributed by atoms with Gasteiger partial charge in [-0.05, 0) is 61.7 Å². The molecule has 8 heteroatoms. The quantitative estimate of drug-likeness (QED) is 0.495. The van der Waals surface area contributed by atoms with Crippen molar-refractivity contribution in [3.05, 3.63) is 60.3 Å². The van der Waals surface area contributed by atoms with E-state index in [0.29, 0.717) is 41.7 Å². The smallest absolute Gasteiger partial charge is 0.257 e. The molecule has 1 unspecified atom stereocenters. The van der Waals surface area contributed by atoms with E-state index in [0.717, 1.165) is 30.8 Å². The molecule has 8 nitrogen and oxygen atoms in total. The van der Waals surface area contributed by atoms with Crippen molar-refractivity contribution >= 4 is 5.91 Å². The van der Waals surface area contributed by atoms with Crippen LogP contribution in [0.2, 0.25) is 0 Å². The van der Waals surface area contributed by atoms with Crippen LogP contribution >= 0.6 is 0 Å². The number of rotatable bonds is 9. The second-order valence-electron chi connectivity index (χ2n) is 9.59. The fourth-order valence-corrected chi connectivity index (χ4v) is 5.60. The Labute approximate surface area is 212 Å². The summed E-state index contributed by atoms with van der Waals surface area (Å²) in [6, 6.07) is 17.9. The minimum absolute atomic E-state index is 0.0384. The molecule has 0 saturated carbocycles. The third-order valence-corrected chi connectivity index (χ3v) is 7.50. The van der Waals surface area contributed by atoms with E-state index in [1.165, 1.54) is 12.1 Å². The van der Waals surface area contributed by atoms with Gasteiger partial charge in [0.1, 0.15) is 5.75 Å². The van der Waals surface area contributed by atoms with Crippen LogP contribution < -0.4 is 19.5 Å². The summed E-state index contributed by atoms with van der Waals surface area (Å²) < 4.78 is 18.4. The Hall–Kier alpha value is -3.52. The number of nitrogens with one attached hydrogen (secondary N) is 1. The lowest BCUT2D eigenvalue weighted by molar-refractivity contribution is -0.123. The monoisotopic (exact) mass is 490 g/mol. The van der Waals surface area contributed by atoms with E-state index in [-0.39, 0.29) is 12.5 Å². The number of nitrogens with zero attached hydrogens (tertiary/aromatic N) is 3. The molecule has 190 valence electrons. The first-order valence-corrected chi connectivity index (χ1v) is 12.5. The van der Waals surface area contributed by atoms with Crippen LogP contribution in [0, 0.1) is 5.92 Å². The SMILES string of the molecule is COc1ccc(-c2cc([C@@H]3CN4CC[C@H]3C[C@@H]4CNC(=O)COc3ccccc3)n(C)n2)cc1OC. The van der Waals surface area contributed by atoms with Gasteiger partial charge < -0.3 is 19.5 Å². The van der Waals surface area contributed by atoms with E-state index in [9.17, 15) is 4.79 Å². The summed E-state index contributed by atoms with van der Waals surface area (Å²) in [6.07, 6.45) is 2.24. The number of aryl methyl sites for hydroxylation is 1. The van der Waals surface area contributed by atoms with Gasteiger partial charge in [-0.3, -0.25) is 14.4 Å². The molecule has 0 aliphatic carbocycles. The number of fused-ring (bicyclic) bond motifs is 3. The topological polar surface area (TPSA) is 77.9 Å². The molecule has 6 rings (SSSR count). The van der Waals surface area contributed by atoms with E-state index in [4.69, 9.17) is 19.3 Å². The summed E-state index contributed by atoms with van der Waals surface area (Å²) in [5.41, 5.74) is 3.20. The molecule has 3 saturated heterocycles. The van der Waals surface area contributed by atoms with Crippen molar-refractivity contribution in [1.29, 1.82) is 0 Å². The van der Waals surface area contributed by atoms with Crippen LogP contribution in [0.5, 0.6) is 17.2 Å². The van der Waals surface area contributed by atoms with E-state index < -0.39 is 0 Å². The highest BCUT2D eigenvalue weighted by atomic mass is 16.5. The first kappa shape index (κ1) is 24.2. The molecule has 0 spiro atoms. The van der Waals surface area contributed by atoms with Crippen molar-refractivity contribution in [3.63, 3.8) is 0 Å². The molecule has 3 fully saturated rings. The number of hydrogen-bond acceptors (Lipinski definition) is 6. The number of carbonyl (C=O) groups excluding carboxylic acids is 1. The lowest BCUT2D eigenvalue weighted by Gasteiger charge is -2.49. The lowest BCUT2D eigenvalue weighted by atomic mass is 9.74. The number of benzene rings is 2. The molecular weight excluding hydrogens is 456 g/mol. The number of methoxy groups -OCH3 is 2. The summed E-state index contributed by atoms with van der Waals surface area (Å²) in [4.78, 5) is 14.9. The maximum Gasteiger partial charge on any atom is 0.257 e. The Kier molecular flexibility index (Phi) is 7.13. The minimum Gasteiger partial charge on any atom is -0.493 e. The maximum absolute atomic E-state index is 12.3. The molecule has 1 amide bonds. The summed E-state index contributed by atoms with van der Waals surface area (Å²) in [5, 5.41) is 7.90. The van der Waals surface area contributed by atoms with Crippen LogP contribution in [0.4, 0.5) is 0 Å². The Balaban J connectivity index is 1.20. The van der Waals surface area contributed by atoms with Crippen LogP contribution in [0.15, 0.2) is 54.6 Å². The van der Waals surface area contributed by atoms with Gasteiger partial charge in [0.25, 0.3) is 5.91 Å². The summed E-state index contributed by atoms with van der Waals surface area (Å²) in [6.45, 7) is 2.75. The summed E-state index contributed by atoms with van der Waals surface area (Å²) >= 11 is 0. The Morgan fingerprint density at radius 1 is 1.08 bits per heavy atom. The van der Waals surface area contributed by atoms with Gasteiger partial charge >= 0.3 is 0 Å². The average molecular weight is 491 g/mol. The second-order valence-corrected chi connectivity index (χ2v) is 9.59. The zero-order valence-electron chi connectivity index (χ0n) is 21.1. The van der Waals surface area contributed by atoms with Gasteiger partial charge in [0, 0.05) is 43.4 Å².